The third-order valence-corrected chi connectivity index (χ3v) is 8.69. The Morgan fingerprint density at radius 1 is 0.667 bits per heavy atom. The SMILES string of the molecule is CC(=NNc1cc(NN=C(C)c2ccc(S(C)(=O)=O)cc2)nc(Nc2ccc(Br)cc2)n1)c1ccc(S(C)(=O)=O)cc1. The summed E-state index contributed by atoms with van der Waals surface area (Å²) in [6, 6.07) is 22.0. The largest absolute Gasteiger partial charge is 0.324 e. The second kappa shape index (κ2) is 12.8. The van der Waals surface area contributed by atoms with Crippen LogP contribution in [0.4, 0.5) is 23.3 Å². The van der Waals surface area contributed by atoms with Gasteiger partial charge in [-0.1, -0.05) is 40.2 Å². The fraction of sp³-hybridized carbons (Fsp3) is 0.143. The highest BCUT2D eigenvalue weighted by Gasteiger charge is 2.10. The smallest absolute Gasteiger partial charge is 0.231 e. The molecule has 14 heteroatoms. The van der Waals surface area contributed by atoms with Gasteiger partial charge < -0.3 is 5.32 Å². The van der Waals surface area contributed by atoms with Crippen molar-refractivity contribution in [1.29, 1.82) is 0 Å². The van der Waals surface area contributed by atoms with E-state index in [0.717, 1.165) is 33.8 Å². The molecule has 0 aliphatic carbocycles. The van der Waals surface area contributed by atoms with Crippen LogP contribution in [0.2, 0.25) is 0 Å². The van der Waals surface area contributed by atoms with Gasteiger partial charge in [-0.2, -0.15) is 20.2 Å². The summed E-state index contributed by atoms with van der Waals surface area (Å²) in [5, 5.41) is 12.0. The third-order valence-electron chi connectivity index (χ3n) is 5.90. The maximum atomic E-state index is 11.8. The number of hydrogen-bond donors (Lipinski definition) is 3. The van der Waals surface area contributed by atoms with Crippen LogP contribution < -0.4 is 16.2 Å². The maximum Gasteiger partial charge on any atom is 0.231 e. The molecule has 0 amide bonds. The van der Waals surface area contributed by atoms with E-state index in [-0.39, 0.29) is 15.7 Å². The van der Waals surface area contributed by atoms with Crippen molar-refractivity contribution in [2.75, 3.05) is 28.7 Å². The maximum absolute atomic E-state index is 11.8. The first kappa shape index (κ1) is 30.8. The van der Waals surface area contributed by atoms with Crippen LogP contribution in [0, 0.1) is 0 Å². The van der Waals surface area contributed by atoms with Gasteiger partial charge in [0.25, 0.3) is 0 Å². The number of hydrogen-bond acceptors (Lipinski definition) is 11. The highest BCUT2D eigenvalue weighted by molar-refractivity contribution is 9.10. The lowest BCUT2D eigenvalue weighted by Crippen LogP contribution is -2.07. The normalized spacial score (nSPS) is 12.6. The Balaban J connectivity index is 1.59. The summed E-state index contributed by atoms with van der Waals surface area (Å²) >= 11 is 3.42. The molecule has 1 heterocycles. The molecule has 3 aromatic carbocycles. The first-order valence-corrected chi connectivity index (χ1v) is 17.0. The lowest BCUT2D eigenvalue weighted by atomic mass is 10.1. The zero-order valence-corrected chi connectivity index (χ0v) is 26.3. The van der Waals surface area contributed by atoms with Crippen molar-refractivity contribution in [3.05, 3.63) is 94.5 Å². The van der Waals surface area contributed by atoms with Gasteiger partial charge >= 0.3 is 0 Å². The van der Waals surface area contributed by atoms with Gasteiger partial charge in [-0.25, -0.2) is 16.8 Å². The van der Waals surface area contributed by atoms with Crippen molar-refractivity contribution in [3.63, 3.8) is 0 Å². The molecule has 218 valence electrons. The standard InChI is InChI=1S/C28H28BrN7O4S2/c1-18(20-5-13-24(14-6-20)41(3,37)38)33-35-26-17-27(32-28(31-26)30-23-11-9-22(29)10-12-23)36-34-19(2)21-7-15-25(16-8-21)42(4,39)40/h5-17H,1-4H3,(H3,30,31,32,35,36). The monoisotopic (exact) mass is 669 g/mol. The molecule has 0 fully saturated rings. The average Bonchev–Trinajstić information content (AvgIpc) is 2.95. The van der Waals surface area contributed by atoms with E-state index in [0.29, 0.717) is 23.1 Å². The van der Waals surface area contributed by atoms with Gasteiger partial charge in [-0.3, -0.25) is 10.9 Å². The molecule has 11 nitrogen and oxygen atoms in total. The summed E-state index contributed by atoms with van der Waals surface area (Å²) in [5.41, 5.74) is 9.30. The van der Waals surface area contributed by atoms with Crippen molar-refractivity contribution in [2.45, 2.75) is 23.6 Å². The highest BCUT2D eigenvalue weighted by atomic mass is 79.9. The Bertz CT molecular complexity index is 1750. The molecule has 3 N–H and O–H groups in total. The van der Waals surface area contributed by atoms with E-state index < -0.39 is 19.7 Å². The van der Waals surface area contributed by atoms with Crippen LogP contribution in [-0.2, 0) is 19.7 Å². The van der Waals surface area contributed by atoms with Gasteiger partial charge in [0.15, 0.2) is 31.3 Å². The average molecular weight is 671 g/mol. The van der Waals surface area contributed by atoms with E-state index in [1.54, 1.807) is 44.2 Å². The van der Waals surface area contributed by atoms with Crippen molar-refractivity contribution in [2.24, 2.45) is 10.2 Å². The lowest BCUT2D eigenvalue weighted by molar-refractivity contribution is 0.600. The van der Waals surface area contributed by atoms with Gasteiger partial charge in [0.1, 0.15) is 0 Å². The van der Waals surface area contributed by atoms with E-state index in [4.69, 9.17) is 0 Å². The number of nitrogens with one attached hydrogen (secondary N) is 3. The Morgan fingerprint density at radius 3 is 1.45 bits per heavy atom. The molecule has 42 heavy (non-hydrogen) atoms. The van der Waals surface area contributed by atoms with Crippen molar-refractivity contribution < 1.29 is 16.8 Å². The fourth-order valence-corrected chi connectivity index (χ4v) is 5.10. The molecule has 0 aliphatic heterocycles. The van der Waals surface area contributed by atoms with E-state index in [1.165, 1.54) is 24.3 Å². The van der Waals surface area contributed by atoms with E-state index in [9.17, 15) is 16.8 Å². The van der Waals surface area contributed by atoms with Crippen LogP contribution in [0.5, 0.6) is 0 Å². The van der Waals surface area contributed by atoms with Gasteiger partial charge in [-0.05, 0) is 73.5 Å². The summed E-state index contributed by atoms with van der Waals surface area (Å²) in [6.07, 6.45) is 2.32. The Morgan fingerprint density at radius 2 is 1.07 bits per heavy atom. The molecular weight excluding hydrogens is 642 g/mol. The molecule has 0 spiro atoms. The van der Waals surface area contributed by atoms with Crippen LogP contribution in [0.1, 0.15) is 25.0 Å². The number of nitrogens with zero attached hydrogens (tertiary/aromatic N) is 4. The van der Waals surface area contributed by atoms with Crippen LogP contribution >= 0.6 is 15.9 Å². The van der Waals surface area contributed by atoms with E-state index in [1.807, 2.05) is 24.3 Å². The highest BCUT2D eigenvalue weighted by Crippen LogP contribution is 2.21. The molecule has 4 rings (SSSR count). The topological polar surface area (TPSA) is 155 Å². The predicted octanol–water partition coefficient (Wildman–Crippen LogP) is 5.46. The molecule has 0 saturated heterocycles. The van der Waals surface area contributed by atoms with Crippen LogP contribution in [0.25, 0.3) is 0 Å². The molecule has 4 aromatic rings. The zero-order chi connectivity index (χ0) is 30.5. The number of sulfone groups is 2. The summed E-state index contributed by atoms with van der Waals surface area (Å²) in [6.45, 7) is 3.57. The van der Waals surface area contributed by atoms with Gasteiger partial charge in [-0.15, -0.1) is 0 Å². The number of anilines is 4. The van der Waals surface area contributed by atoms with Crippen molar-refractivity contribution in [1.82, 2.24) is 9.97 Å². The number of hydrazone groups is 2. The molecule has 0 saturated carbocycles. The molecule has 0 radical (unpaired) electrons. The summed E-state index contributed by atoms with van der Waals surface area (Å²) < 4.78 is 48.0. The lowest BCUT2D eigenvalue weighted by Gasteiger charge is -2.11. The summed E-state index contributed by atoms with van der Waals surface area (Å²) in [5.74, 6) is 1.01. The minimum Gasteiger partial charge on any atom is -0.324 e. The molecule has 0 atom stereocenters. The molecule has 0 aliphatic rings. The molecule has 0 unspecified atom stereocenters. The first-order valence-electron chi connectivity index (χ1n) is 12.4. The summed E-state index contributed by atoms with van der Waals surface area (Å²) in [4.78, 5) is 9.46. The fourth-order valence-electron chi connectivity index (χ4n) is 3.58. The van der Waals surface area contributed by atoms with Gasteiger partial charge in [0, 0.05) is 28.7 Å². The van der Waals surface area contributed by atoms with Crippen LogP contribution in [0.15, 0.2) is 103 Å². The number of benzene rings is 3. The van der Waals surface area contributed by atoms with Gasteiger partial charge in [0.05, 0.1) is 21.2 Å². The van der Waals surface area contributed by atoms with E-state index >= 15 is 0 Å². The molecule has 0 bridgehead atoms. The van der Waals surface area contributed by atoms with Gasteiger partial charge in [0.2, 0.25) is 5.95 Å². The van der Waals surface area contributed by atoms with E-state index in [2.05, 4.69) is 52.3 Å². The first-order chi connectivity index (χ1) is 19.8. The molecular formula is C28H28BrN7O4S2. The second-order valence-corrected chi connectivity index (χ2v) is 14.3. The number of rotatable bonds is 10. The number of aromatic nitrogens is 2. The quantitative estimate of drug-likeness (QED) is 0.147. The van der Waals surface area contributed by atoms with Crippen LogP contribution in [0.3, 0.4) is 0 Å². The Labute approximate surface area is 253 Å². The van der Waals surface area contributed by atoms with Crippen molar-refractivity contribution >= 4 is 70.3 Å². The molecule has 1 aromatic heterocycles. The minimum absolute atomic E-state index is 0.226. The summed E-state index contributed by atoms with van der Waals surface area (Å²) in [7, 11) is -6.60. The van der Waals surface area contributed by atoms with Crippen molar-refractivity contribution in [3.8, 4) is 0 Å². The Hall–Kier alpha value is -4.14. The predicted molar refractivity (Wildman–Crippen MR) is 170 cm³/mol. The number of halogens is 1. The zero-order valence-electron chi connectivity index (χ0n) is 23.1. The third kappa shape index (κ3) is 8.44. The minimum atomic E-state index is -3.30. The second-order valence-electron chi connectivity index (χ2n) is 9.31. The Kier molecular flexibility index (Phi) is 9.39. The van der Waals surface area contributed by atoms with Crippen LogP contribution in [-0.4, -0.2) is 50.7 Å².